The molecule has 2 atom stereocenters. The van der Waals surface area contributed by atoms with Gasteiger partial charge in [0.2, 0.25) is 0 Å². The van der Waals surface area contributed by atoms with Crippen LogP contribution in [0.4, 0.5) is 0 Å². The van der Waals surface area contributed by atoms with E-state index in [1.165, 1.54) is 5.56 Å². The number of rotatable bonds is 2. The molecule has 0 aliphatic heterocycles. The smallest absolute Gasteiger partial charge is 0.307 e. The Morgan fingerprint density at radius 2 is 2.00 bits per heavy atom. The lowest BCUT2D eigenvalue weighted by Gasteiger charge is -1.98. The molecule has 2 rings (SSSR count). The molecule has 2 nitrogen and oxygen atoms in total. The summed E-state index contributed by atoms with van der Waals surface area (Å²) in [7, 11) is 0. The van der Waals surface area contributed by atoms with Crippen molar-refractivity contribution in [1.82, 2.24) is 0 Å². The molecule has 0 heterocycles. The van der Waals surface area contributed by atoms with Gasteiger partial charge in [-0.25, -0.2) is 0 Å². The average molecular weight is 176 g/mol. The fourth-order valence-corrected chi connectivity index (χ4v) is 1.65. The summed E-state index contributed by atoms with van der Waals surface area (Å²) in [5.74, 6) is -0.536. The molecule has 1 N–H and O–H groups in total. The number of carbonyl (C=O) groups is 1. The topological polar surface area (TPSA) is 37.3 Å². The first kappa shape index (κ1) is 8.30. The lowest BCUT2D eigenvalue weighted by molar-refractivity contribution is -0.138. The molecule has 1 aromatic carbocycles. The van der Waals surface area contributed by atoms with Gasteiger partial charge in [0.05, 0.1) is 5.92 Å². The van der Waals surface area contributed by atoms with Crippen molar-refractivity contribution >= 4 is 5.97 Å². The number of aliphatic carboxylic acids is 1. The van der Waals surface area contributed by atoms with E-state index in [0.717, 1.165) is 12.0 Å². The van der Waals surface area contributed by atoms with Gasteiger partial charge in [0, 0.05) is 0 Å². The fraction of sp³-hybridized carbons (Fsp3) is 0.364. The van der Waals surface area contributed by atoms with Crippen molar-refractivity contribution < 1.29 is 9.90 Å². The van der Waals surface area contributed by atoms with Crippen molar-refractivity contribution in [1.29, 1.82) is 0 Å². The summed E-state index contributed by atoms with van der Waals surface area (Å²) >= 11 is 0. The van der Waals surface area contributed by atoms with Gasteiger partial charge in [0.1, 0.15) is 0 Å². The zero-order valence-corrected chi connectivity index (χ0v) is 7.53. The fourth-order valence-electron chi connectivity index (χ4n) is 1.65. The van der Waals surface area contributed by atoms with Crippen molar-refractivity contribution in [2.75, 3.05) is 0 Å². The van der Waals surface area contributed by atoms with E-state index in [2.05, 4.69) is 0 Å². The van der Waals surface area contributed by atoms with Crippen molar-refractivity contribution in [3.05, 3.63) is 35.4 Å². The maximum Gasteiger partial charge on any atom is 0.307 e. The Kier molecular flexibility index (Phi) is 1.83. The maximum atomic E-state index is 10.6. The number of aryl methyl sites for hydroxylation is 1. The van der Waals surface area contributed by atoms with Gasteiger partial charge in [-0.15, -0.1) is 0 Å². The lowest BCUT2D eigenvalue weighted by Crippen LogP contribution is -1.98. The molecule has 0 amide bonds. The Labute approximate surface area is 77.2 Å². The number of carboxylic acid groups (broad SMARTS) is 1. The molecule has 0 bridgehead atoms. The number of hydrogen-bond acceptors (Lipinski definition) is 1. The van der Waals surface area contributed by atoms with Gasteiger partial charge in [-0.1, -0.05) is 29.8 Å². The van der Waals surface area contributed by atoms with Crippen LogP contribution in [0.25, 0.3) is 0 Å². The van der Waals surface area contributed by atoms with Gasteiger partial charge >= 0.3 is 5.97 Å². The highest BCUT2D eigenvalue weighted by Gasteiger charge is 2.43. The number of benzene rings is 1. The molecular weight excluding hydrogens is 164 g/mol. The third-order valence-electron chi connectivity index (χ3n) is 2.61. The van der Waals surface area contributed by atoms with E-state index in [1.54, 1.807) is 0 Å². The van der Waals surface area contributed by atoms with Crippen LogP contribution in [0, 0.1) is 12.8 Å². The minimum absolute atomic E-state index is 0.136. The molecule has 1 fully saturated rings. The molecule has 68 valence electrons. The van der Waals surface area contributed by atoms with E-state index in [4.69, 9.17) is 5.11 Å². The first-order valence-corrected chi connectivity index (χ1v) is 4.48. The molecule has 1 aliphatic rings. The molecule has 0 spiro atoms. The van der Waals surface area contributed by atoms with Crippen molar-refractivity contribution in [3.63, 3.8) is 0 Å². The first-order chi connectivity index (χ1) is 6.18. The quantitative estimate of drug-likeness (QED) is 0.749. The van der Waals surface area contributed by atoms with Crippen LogP contribution in [-0.4, -0.2) is 11.1 Å². The van der Waals surface area contributed by atoms with Crippen LogP contribution in [-0.2, 0) is 4.79 Å². The summed E-state index contributed by atoms with van der Waals surface area (Å²) in [6.45, 7) is 2.03. The summed E-state index contributed by atoms with van der Waals surface area (Å²) in [4.78, 5) is 10.6. The van der Waals surface area contributed by atoms with Crippen molar-refractivity contribution in [3.8, 4) is 0 Å². The highest BCUT2D eigenvalue weighted by atomic mass is 16.4. The van der Waals surface area contributed by atoms with E-state index < -0.39 is 5.97 Å². The predicted molar refractivity (Wildman–Crippen MR) is 49.7 cm³/mol. The third kappa shape index (κ3) is 1.57. The molecule has 2 heteroatoms. The van der Waals surface area contributed by atoms with Crippen LogP contribution in [0.2, 0.25) is 0 Å². The van der Waals surface area contributed by atoms with Gasteiger partial charge in [-0.05, 0) is 24.8 Å². The zero-order chi connectivity index (χ0) is 9.42. The van der Waals surface area contributed by atoms with Crippen molar-refractivity contribution in [2.24, 2.45) is 5.92 Å². The summed E-state index contributed by atoms with van der Waals surface area (Å²) in [5, 5.41) is 8.74. The summed E-state index contributed by atoms with van der Waals surface area (Å²) in [5.41, 5.74) is 2.38. The van der Waals surface area contributed by atoms with Gasteiger partial charge < -0.3 is 5.11 Å². The highest BCUT2D eigenvalue weighted by molar-refractivity contribution is 5.75. The first-order valence-electron chi connectivity index (χ1n) is 4.48. The predicted octanol–water partition coefficient (Wildman–Crippen LogP) is 2.18. The second-order valence-electron chi connectivity index (χ2n) is 3.70. The number of carboxylic acids is 1. The van der Waals surface area contributed by atoms with E-state index in [0.29, 0.717) is 0 Å². The molecule has 0 aromatic heterocycles. The van der Waals surface area contributed by atoms with Gasteiger partial charge in [-0.3, -0.25) is 4.79 Å². The molecule has 1 saturated carbocycles. The van der Waals surface area contributed by atoms with E-state index >= 15 is 0 Å². The van der Waals surface area contributed by atoms with Crippen LogP contribution < -0.4 is 0 Å². The van der Waals surface area contributed by atoms with E-state index in [9.17, 15) is 4.79 Å². The Bertz CT molecular complexity index is 326. The summed E-state index contributed by atoms with van der Waals surface area (Å²) < 4.78 is 0. The lowest BCUT2D eigenvalue weighted by atomic mass is 10.1. The highest BCUT2D eigenvalue weighted by Crippen LogP contribution is 2.47. The Hall–Kier alpha value is -1.31. The standard InChI is InChI=1S/C11H12O2/c1-7-2-4-8(5-3-7)9-6-10(9)11(12)13/h2-5,9-10H,6H2,1H3,(H,12,13)/t9?,10-/m1/s1. The van der Waals surface area contributed by atoms with E-state index in [1.807, 2.05) is 31.2 Å². The Morgan fingerprint density at radius 1 is 1.38 bits per heavy atom. The molecule has 0 saturated heterocycles. The second kappa shape index (κ2) is 2.87. The average Bonchev–Trinajstić information content (AvgIpc) is 2.85. The SMILES string of the molecule is Cc1ccc(C2C[C@H]2C(=O)O)cc1. The monoisotopic (exact) mass is 176 g/mol. The molecule has 1 aromatic rings. The van der Waals surface area contributed by atoms with Gasteiger partial charge in [0.25, 0.3) is 0 Å². The normalized spacial score (nSPS) is 25.6. The van der Waals surface area contributed by atoms with E-state index in [-0.39, 0.29) is 11.8 Å². The Balaban J connectivity index is 2.12. The molecule has 1 aliphatic carbocycles. The van der Waals surface area contributed by atoms with Crippen molar-refractivity contribution in [2.45, 2.75) is 19.3 Å². The number of hydrogen-bond donors (Lipinski definition) is 1. The Morgan fingerprint density at radius 3 is 2.46 bits per heavy atom. The molecule has 13 heavy (non-hydrogen) atoms. The zero-order valence-electron chi connectivity index (χ0n) is 7.53. The maximum absolute atomic E-state index is 10.6. The van der Waals surface area contributed by atoms with Gasteiger partial charge in [-0.2, -0.15) is 0 Å². The molecular formula is C11H12O2. The third-order valence-corrected chi connectivity index (χ3v) is 2.61. The van der Waals surface area contributed by atoms with Crippen LogP contribution in [0.5, 0.6) is 0 Å². The molecule has 0 radical (unpaired) electrons. The van der Waals surface area contributed by atoms with Crippen LogP contribution >= 0.6 is 0 Å². The minimum atomic E-state index is -0.662. The summed E-state index contributed by atoms with van der Waals surface area (Å²) in [6.07, 6.45) is 0.804. The summed E-state index contributed by atoms with van der Waals surface area (Å²) in [6, 6.07) is 8.13. The van der Waals surface area contributed by atoms with Gasteiger partial charge in [0.15, 0.2) is 0 Å². The second-order valence-corrected chi connectivity index (χ2v) is 3.70. The largest absolute Gasteiger partial charge is 0.481 e. The van der Waals surface area contributed by atoms with Crippen LogP contribution in [0.15, 0.2) is 24.3 Å². The minimum Gasteiger partial charge on any atom is -0.481 e. The van der Waals surface area contributed by atoms with Crippen LogP contribution in [0.3, 0.4) is 0 Å². The van der Waals surface area contributed by atoms with Crippen LogP contribution in [0.1, 0.15) is 23.5 Å². The molecule has 1 unspecified atom stereocenters.